The Morgan fingerprint density at radius 2 is 1.55 bits per heavy atom. The summed E-state index contributed by atoms with van der Waals surface area (Å²) < 4.78 is 1.80. The molecule has 0 unspecified atom stereocenters. The number of carbonyl (C=O) groups excluding carboxylic acids is 1. The van der Waals surface area contributed by atoms with Gasteiger partial charge in [0, 0.05) is 5.56 Å². The zero-order chi connectivity index (χ0) is 21.8. The van der Waals surface area contributed by atoms with Crippen molar-refractivity contribution >= 4 is 12.1 Å². The van der Waals surface area contributed by atoms with Crippen molar-refractivity contribution in [1.29, 1.82) is 0 Å². The van der Waals surface area contributed by atoms with Crippen LogP contribution in [0.3, 0.4) is 0 Å². The quantitative estimate of drug-likeness (QED) is 0.363. The van der Waals surface area contributed by atoms with Gasteiger partial charge in [-0.1, -0.05) is 71.8 Å². The standard InChI is InChI=1S/C26H24N4O/c1-18-8-12-21(13-9-18)25-16-24(29-30(25)23-14-10-19(2)11-15-23)26(31)28-27-17-22-7-5-4-6-20(22)3/h4-17H,1-3H3,(H,28,31)/b27-17-. The van der Waals surface area contributed by atoms with Gasteiger partial charge >= 0.3 is 0 Å². The van der Waals surface area contributed by atoms with E-state index in [4.69, 9.17) is 0 Å². The first-order valence-corrected chi connectivity index (χ1v) is 10.1. The molecule has 0 aliphatic carbocycles. The molecule has 0 aliphatic rings. The maximum absolute atomic E-state index is 12.8. The van der Waals surface area contributed by atoms with Gasteiger partial charge in [-0.25, -0.2) is 10.1 Å². The first-order chi connectivity index (χ1) is 15.0. The van der Waals surface area contributed by atoms with E-state index in [0.29, 0.717) is 5.69 Å². The number of rotatable bonds is 5. The monoisotopic (exact) mass is 408 g/mol. The van der Waals surface area contributed by atoms with Gasteiger partial charge in [0.05, 0.1) is 17.6 Å². The fourth-order valence-corrected chi connectivity index (χ4v) is 3.25. The smallest absolute Gasteiger partial charge is 0.265 e. The molecule has 1 N–H and O–H groups in total. The van der Waals surface area contributed by atoms with Crippen LogP contribution in [0.25, 0.3) is 16.9 Å². The van der Waals surface area contributed by atoms with Crippen LogP contribution in [0.2, 0.25) is 0 Å². The third-order valence-electron chi connectivity index (χ3n) is 5.13. The number of carbonyl (C=O) groups is 1. The number of aryl methyl sites for hydroxylation is 3. The Balaban J connectivity index is 1.65. The zero-order valence-corrected chi connectivity index (χ0v) is 17.8. The van der Waals surface area contributed by atoms with Crippen LogP contribution in [-0.2, 0) is 0 Å². The van der Waals surface area contributed by atoms with Crippen molar-refractivity contribution in [2.45, 2.75) is 20.8 Å². The van der Waals surface area contributed by atoms with Gasteiger partial charge in [-0.3, -0.25) is 4.79 Å². The summed E-state index contributed by atoms with van der Waals surface area (Å²) in [6.45, 7) is 6.09. The normalized spacial score (nSPS) is 11.1. The van der Waals surface area contributed by atoms with Crippen LogP contribution < -0.4 is 5.43 Å². The molecule has 0 aliphatic heterocycles. The van der Waals surface area contributed by atoms with Crippen molar-refractivity contribution < 1.29 is 4.79 Å². The molecule has 31 heavy (non-hydrogen) atoms. The van der Waals surface area contributed by atoms with Crippen LogP contribution in [0.15, 0.2) is 84.0 Å². The highest BCUT2D eigenvalue weighted by molar-refractivity contribution is 5.94. The van der Waals surface area contributed by atoms with E-state index in [9.17, 15) is 4.79 Å². The van der Waals surface area contributed by atoms with Gasteiger partial charge in [0.1, 0.15) is 0 Å². The number of amides is 1. The minimum absolute atomic E-state index is 0.304. The van der Waals surface area contributed by atoms with Crippen LogP contribution in [0.1, 0.15) is 32.7 Å². The zero-order valence-electron chi connectivity index (χ0n) is 17.8. The first-order valence-electron chi connectivity index (χ1n) is 10.1. The maximum Gasteiger partial charge on any atom is 0.291 e. The minimum Gasteiger partial charge on any atom is -0.265 e. The second kappa shape index (κ2) is 8.79. The third kappa shape index (κ3) is 4.61. The molecule has 1 heterocycles. The average Bonchev–Trinajstić information content (AvgIpc) is 3.21. The Kier molecular flexibility index (Phi) is 5.76. The highest BCUT2D eigenvalue weighted by atomic mass is 16.2. The number of hydrogen-bond acceptors (Lipinski definition) is 3. The van der Waals surface area contributed by atoms with Crippen molar-refractivity contribution in [3.05, 3.63) is 107 Å². The number of nitrogens with zero attached hydrogens (tertiary/aromatic N) is 3. The van der Waals surface area contributed by atoms with E-state index in [2.05, 4.69) is 15.6 Å². The predicted molar refractivity (Wildman–Crippen MR) is 125 cm³/mol. The molecule has 4 rings (SSSR count). The summed E-state index contributed by atoms with van der Waals surface area (Å²) in [6.07, 6.45) is 1.64. The Labute approximate surface area is 182 Å². The van der Waals surface area contributed by atoms with Crippen molar-refractivity contribution in [2.75, 3.05) is 0 Å². The molecule has 0 atom stereocenters. The van der Waals surface area contributed by atoms with Crippen LogP contribution in [0, 0.1) is 20.8 Å². The number of nitrogens with one attached hydrogen (secondary N) is 1. The molecule has 5 nitrogen and oxygen atoms in total. The lowest BCUT2D eigenvalue weighted by Gasteiger charge is -2.08. The van der Waals surface area contributed by atoms with E-state index in [1.165, 1.54) is 5.56 Å². The van der Waals surface area contributed by atoms with Crippen LogP contribution in [0.4, 0.5) is 0 Å². The van der Waals surface area contributed by atoms with Gasteiger partial charge < -0.3 is 0 Å². The van der Waals surface area contributed by atoms with Crippen molar-refractivity contribution in [1.82, 2.24) is 15.2 Å². The van der Waals surface area contributed by atoms with Gasteiger partial charge in [0.2, 0.25) is 0 Å². The molecular formula is C26H24N4O. The molecule has 1 amide bonds. The Morgan fingerprint density at radius 3 is 2.23 bits per heavy atom. The molecule has 0 spiro atoms. The molecule has 154 valence electrons. The molecule has 0 bridgehead atoms. The number of hydrogen-bond donors (Lipinski definition) is 1. The number of benzene rings is 3. The molecule has 0 saturated heterocycles. The van der Waals surface area contributed by atoms with Crippen molar-refractivity contribution in [2.24, 2.45) is 5.10 Å². The Morgan fingerprint density at radius 1 is 0.903 bits per heavy atom. The highest BCUT2D eigenvalue weighted by Gasteiger charge is 2.16. The largest absolute Gasteiger partial charge is 0.291 e. The van der Waals surface area contributed by atoms with E-state index in [-0.39, 0.29) is 5.91 Å². The molecule has 1 aromatic heterocycles. The summed E-state index contributed by atoms with van der Waals surface area (Å²) in [4.78, 5) is 12.8. The van der Waals surface area contributed by atoms with Crippen molar-refractivity contribution in [3.63, 3.8) is 0 Å². The minimum atomic E-state index is -0.357. The highest BCUT2D eigenvalue weighted by Crippen LogP contribution is 2.25. The Bertz CT molecular complexity index is 1170. The van der Waals surface area contributed by atoms with Gasteiger partial charge in [-0.2, -0.15) is 10.2 Å². The van der Waals surface area contributed by atoms with Crippen LogP contribution >= 0.6 is 0 Å². The van der Waals surface area contributed by atoms with E-state index in [1.54, 1.807) is 17.0 Å². The summed E-state index contributed by atoms with van der Waals surface area (Å²) in [6, 6.07) is 25.9. The lowest BCUT2D eigenvalue weighted by molar-refractivity contribution is 0.0949. The van der Waals surface area contributed by atoms with E-state index in [1.807, 2.05) is 93.6 Å². The van der Waals surface area contributed by atoms with E-state index < -0.39 is 0 Å². The number of hydrazone groups is 1. The number of aromatic nitrogens is 2. The summed E-state index contributed by atoms with van der Waals surface area (Å²) in [5.41, 5.74) is 10.00. The van der Waals surface area contributed by atoms with Gasteiger partial charge in [-0.15, -0.1) is 0 Å². The fraction of sp³-hybridized carbons (Fsp3) is 0.115. The van der Waals surface area contributed by atoms with Crippen molar-refractivity contribution in [3.8, 4) is 16.9 Å². The summed E-state index contributed by atoms with van der Waals surface area (Å²) in [5, 5.41) is 8.70. The van der Waals surface area contributed by atoms with Crippen LogP contribution in [0.5, 0.6) is 0 Å². The molecule has 0 fully saturated rings. The maximum atomic E-state index is 12.8. The third-order valence-corrected chi connectivity index (χ3v) is 5.13. The van der Waals surface area contributed by atoms with Crippen LogP contribution in [-0.4, -0.2) is 21.9 Å². The molecule has 0 saturated carbocycles. The fourth-order valence-electron chi connectivity index (χ4n) is 3.25. The van der Waals surface area contributed by atoms with Gasteiger partial charge in [-0.05, 0) is 50.1 Å². The van der Waals surface area contributed by atoms with E-state index >= 15 is 0 Å². The molecule has 0 radical (unpaired) electrons. The molecular weight excluding hydrogens is 384 g/mol. The predicted octanol–water partition coefficient (Wildman–Crippen LogP) is 5.23. The second-order valence-corrected chi connectivity index (χ2v) is 7.58. The van der Waals surface area contributed by atoms with Gasteiger partial charge in [0.25, 0.3) is 5.91 Å². The lowest BCUT2D eigenvalue weighted by atomic mass is 10.1. The average molecular weight is 409 g/mol. The Hall–Kier alpha value is -3.99. The molecule has 4 aromatic rings. The summed E-state index contributed by atoms with van der Waals surface area (Å²) in [7, 11) is 0. The SMILES string of the molecule is Cc1ccc(-c2cc(C(=O)N/N=C\c3ccccc3C)nn2-c2ccc(C)cc2)cc1. The topological polar surface area (TPSA) is 59.3 Å². The lowest BCUT2D eigenvalue weighted by Crippen LogP contribution is -2.18. The summed E-state index contributed by atoms with van der Waals surface area (Å²) in [5.74, 6) is -0.357. The first kappa shape index (κ1) is 20.3. The summed E-state index contributed by atoms with van der Waals surface area (Å²) >= 11 is 0. The van der Waals surface area contributed by atoms with E-state index in [0.717, 1.165) is 33.6 Å². The molecule has 3 aromatic carbocycles. The second-order valence-electron chi connectivity index (χ2n) is 7.58. The van der Waals surface area contributed by atoms with Gasteiger partial charge in [0.15, 0.2) is 5.69 Å². The molecule has 5 heteroatoms.